The quantitative estimate of drug-likeness (QED) is 0.109. The number of fused-ring (bicyclic) bond motifs is 5. The van der Waals surface area contributed by atoms with Crippen molar-refractivity contribution in [1.82, 2.24) is 30.9 Å². The van der Waals surface area contributed by atoms with Crippen molar-refractivity contribution >= 4 is 23.4 Å². The molecule has 0 fully saturated rings. The number of para-hydroxylation sites is 1. The monoisotopic (exact) mass is 758 g/mol. The third kappa shape index (κ3) is 12.2. The third-order valence-electron chi connectivity index (χ3n) is 11.1. The topological polar surface area (TPSA) is 130 Å². The van der Waals surface area contributed by atoms with Gasteiger partial charge in [-0.05, 0) is 63.5 Å². The zero-order valence-electron chi connectivity index (χ0n) is 35.1. The van der Waals surface area contributed by atoms with Crippen molar-refractivity contribution in [2.45, 2.75) is 139 Å². The van der Waals surface area contributed by atoms with E-state index in [4.69, 9.17) is 4.74 Å². The molecule has 2 aromatic carbocycles. The molecule has 3 unspecified atom stereocenters. The van der Waals surface area contributed by atoms with Gasteiger partial charge in [0, 0.05) is 61.2 Å². The summed E-state index contributed by atoms with van der Waals surface area (Å²) in [5.41, 5.74) is 4.17. The number of anilines is 1. The molecule has 55 heavy (non-hydrogen) atoms. The van der Waals surface area contributed by atoms with Crippen molar-refractivity contribution in [2.24, 2.45) is 17.3 Å². The first kappa shape index (κ1) is 43.6. The van der Waals surface area contributed by atoms with E-state index in [0.717, 1.165) is 53.2 Å². The molecule has 302 valence electrons. The van der Waals surface area contributed by atoms with Gasteiger partial charge in [0.25, 0.3) is 0 Å². The van der Waals surface area contributed by atoms with Crippen molar-refractivity contribution < 1.29 is 19.1 Å². The molecule has 3 N–H and O–H groups in total. The second-order valence-corrected chi connectivity index (χ2v) is 17.1. The standard InChI is InChI=1S/C44H67N7O4/c1-11-31(4)32(5)28-33(6)47-42(54)43(7,8)23-27-55-44(9,10)22-24-46-38(52)20-21-39(53)50-29-34-16-12-13-17-35(34)41-40(36-18-14-15-19-37(36)50)48-49-51(41)26-25-45-30(2)3/h12-19,30-33,45H,11,20-29H2,1-10H3,(H,46,52)(H,47,54). The fourth-order valence-electron chi connectivity index (χ4n) is 7.04. The summed E-state index contributed by atoms with van der Waals surface area (Å²) in [6.45, 7) is 23.6. The van der Waals surface area contributed by atoms with Crippen LogP contribution in [0.5, 0.6) is 0 Å². The molecular formula is C44H67N7O4. The number of nitrogens with zero attached hydrogens (tertiary/aromatic N) is 4. The number of hydrogen-bond donors (Lipinski definition) is 3. The number of aromatic nitrogens is 3. The highest BCUT2D eigenvalue weighted by atomic mass is 16.5. The Labute approximate surface area is 329 Å². The normalized spacial score (nSPS) is 14.6. The van der Waals surface area contributed by atoms with Crippen LogP contribution in [0.3, 0.4) is 0 Å². The maximum Gasteiger partial charge on any atom is 0.227 e. The third-order valence-corrected chi connectivity index (χ3v) is 11.1. The highest BCUT2D eigenvalue weighted by molar-refractivity contribution is 6.01. The highest BCUT2D eigenvalue weighted by Crippen LogP contribution is 2.41. The van der Waals surface area contributed by atoms with Crippen molar-refractivity contribution in [3.8, 4) is 22.5 Å². The van der Waals surface area contributed by atoms with Crippen molar-refractivity contribution in [2.75, 3.05) is 24.6 Å². The second-order valence-electron chi connectivity index (χ2n) is 17.1. The first-order chi connectivity index (χ1) is 26.0. The number of nitrogens with one attached hydrogen (secondary N) is 3. The van der Waals surface area contributed by atoms with Gasteiger partial charge in [0.05, 0.1) is 30.1 Å². The Hall–Kier alpha value is -4.09. The molecule has 3 aromatic rings. The lowest BCUT2D eigenvalue weighted by Crippen LogP contribution is -2.43. The van der Waals surface area contributed by atoms with Crippen LogP contribution in [0.1, 0.15) is 113 Å². The number of benzene rings is 2. The van der Waals surface area contributed by atoms with E-state index >= 15 is 0 Å². The van der Waals surface area contributed by atoms with Gasteiger partial charge in [0.2, 0.25) is 17.7 Å². The van der Waals surface area contributed by atoms with Crippen molar-refractivity contribution in [3.05, 3.63) is 54.1 Å². The molecule has 4 rings (SSSR count). The van der Waals surface area contributed by atoms with E-state index in [1.54, 1.807) is 4.90 Å². The fraction of sp³-hybridized carbons (Fsp3) is 0.614. The number of carbonyl (C=O) groups is 3. The maximum atomic E-state index is 13.9. The summed E-state index contributed by atoms with van der Waals surface area (Å²) in [6, 6.07) is 16.4. The first-order valence-corrected chi connectivity index (χ1v) is 20.4. The fourth-order valence-corrected chi connectivity index (χ4v) is 7.04. The van der Waals surface area contributed by atoms with Gasteiger partial charge in [-0.25, -0.2) is 4.68 Å². The molecule has 3 atom stereocenters. The molecule has 1 aliphatic rings. The number of ether oxygens (including phenoxy) is 1. The molecule has 1 aliphatic heterocycles. The van der Waals surface area contributed by atoms with Gasteiger partial charge in [-0.2, -0.15) is 0 Å². The van der Waals surface area contributed by atoms with Gasteiger partial charge in [-0.15, -0.1) is 5.10 Å². The molecule has 0 bridgehead atoms. The van der Waals surface area contributed by atoms with E-state index in [2.05, 4.69) is 73.9 Å². The predicted molar refractivity (Wildman–Crippen MR) is 221 cm³/mol. The minimum absolute atomic E-state index is 0.0471. The van der Waals surface area contributed by atoms with E-state index in [1.807, 2.05) is 74.8 Å². The number of carbonyl (C=O) groups excluding carboxylic acids is 3. The molecule has 0 saturated carbocycles. The molecule has 0 spiro atoms. The van der Waals surface area contributed by atoms with Crippen molar-refractivity contribution in [1.29, 1.82) is 0 Å². The summed E-state index contributed by atoms with van der Waals surface area (Å²) in [5, 5.41) is 18.9. The van der Waals surface area contributed by atoms with Gasteiger partial charge in [0.15, 0.2) is 0 Å². The van der Waals surface area contributed by atoms with Crippen LogP contribution in [0.4, 0.5) is 5.69 Å². The average molecular weight is 758 g/mol. The SMILES string of the molecule is CCC(C)C(C)CC(C)NC(=O)C(C)(C)CCOC(C)(C)CCNC(=O)CCC(=O)N1Cc2ccccc2-c2c(nnn2CCNC(C)C)-c2ccccc21. The van der Waals surface area contributed by atoms with Crippen LogP contribution >= 0.6 is 0 Å². The lowest BCUT2D eigenvalue weighted by molar-refractivity contribution is -0.132. The molecule has 0 aliphatic carbocycles. The zero-order chi connectivity index (χ0) is 40.3. The lowest BCUT2D eigenvalue weighted by Gasteiger charge is -2.30. The van der Waals surface area contributed by atoms with Crippen LogP contribution in [0.15, 0.2) is 48.5 Å². The summed E-state index contributed by atoms with van der Waals surface area (Å²) in [6.07, 6.45) is 3.42. The van der Waals surface area contributed by atoms with E-state index in [1.165, 1.54) is 0 Å². The molecular weight excluding hydrogens is 691 g/mol. The Kier molecular flexibility index (Phi) is 15.6. The largest absolute Gasteiger partial charge is 0.375 e. The van der Waals surface area contributed by atoms with E-state index < -0.39 is 11.0 Å². The van der Waals surface area contributed by atoms with Crippen LogP contribution in [-0.4, -0.2) is 70.1 Å². The summed E-state index contributed by atoms with van der Waals surface area (Å²) < 4.78 is 8.17. The molecule has 0 radical (unpaired) electrons. The Morgan fingerprint density at radius 2 is 1.56 bits per heavy atom. The highest BCUT2D eigenvalue weighted by Gasteiger charge is 2.31. The van der Waals surface area contributed by atoms with Gasteiger partial charge in [-0.1, -0.05) is 103 Å². The van der Waals surface area contributed by atoms with Crippen LogP contribution in [0.25, 0.3) is 22.5 Å². The summed E-state index contributed by atoms with van der Waals surface area (Å²) in [4.78, 5) is 41.8. The molecule has 3 amide bonds. The maximum absolute atomic E-state index is 13.9. The van der Waals surface area contributed by atoms with Crippen LogP contribution in [0.2, 0.25) is 0 Å². The summed E-state index contributed by atoms with van der Waals surface area (Å²) >= 11 is 0. The Balaban J connectivity index is 1.30. The van der Waals surface area contributed by atoms with Gasteiger partial charge in [-0.3, -0.25) is 14.4 Å². The van der Waals surface area contributed by atoms with Crippen LogP contribution in [0, 0.1) is 17.3 Å². The van der Waals surface area contributed by atoms with E-state index in [-0.39, 0.29) is 36.6 Å². The van der Waals surface area contributed by atoms with E-state index in [0.29, 0.717) is 57.0 Å². The molecule has 1 aromatic heterocycles. The minimum atomic E-state index is -0.564. The second kappa shape index (κ2) is 19.7. The summed E-state index contributed by atoms with van der Waals surface area (Å²) in [5.74, 6) is 0.910. The molecule has 11 nitrogen and oxygen atoms in total. The first-order valence-electron chi connectivity index (χ1n) is 20.4. The number of rotatable bonds is 20. The predicted octanol–water partition coefficient (Wildman–Crippen LogP) is 7.53. The number of amides is 3. The summed E-state index contributed by atoms with van der Waals surface area (Å²) in [7, 11) is 0. The minimum Gasteiger partial charge on any atom is -0.375 e. The van der Waals surface area contributed by atoms with Crippen LogP contribution in [-0.2, 0) is 32.2 Å². The van der Waals surface area contributed by atoms with E-state index in [9.17, 15) is 14.4 Å². The Morgan fingerprint density at radius 1 is 0.873 bits per heavy atom. The van der Waals surface area contributed by atoms with Gasteiger partial charge < -0.3 is 25.6 Å². The Bertz CT molecular complexity index is 1730. The smallest absolute Gasteiger partial charge is 0.227 e. The molecule has 0 saturated heterocycles. The van der Waals surface area contributed by atoms with Gasteiger partial charge >= 0.3 is 0 Å². The zero-order valence-corrected chi connectivity index (χ0v) is 35.1. The number of hydrogen-bond acceptors (Lipinski definition) is 7. The Morgan fingerprint density at radius 3 is 2.27 bits per heavy atom. The molecule has 2 heterocycles. The van der Waals surface area contributed by atoms with Gasteiger partial charge in [0.1, 0.15) is 5.69 Å². The van der Waals surface area contributed by atoms with Crippen LogP contribution < -0.4 is 20.9 Å². The molecule has 11 heteroatoms. The van der Waals surface area contributed by atoms with Crippen molar-refractivity contribution in [3.63, 3.8) is 0 Å². The average Bonchev–Trinajstić information content (AvgIpc) is 3.54. The lowest BCUT2D eigenvalue weighted by atomic mass is 9.86.